The van der Waals surface area contributed by atoms with E-state index >= 15 is 0 Å². The Balaban J connectivity index is 1.57. The summed E-state index contributed by atoms with van der Waals surface area (Å²) in [5.74, 6) is -1.04. The van der Waals surface area contributed by atoms with Gasteiger partial charge in [-0.3, -0.25) is 14.4 Å². The SMILES string of the molecule is C=CCN(C(=O)[C@H]1[C@H]2C(=O)N(CCCCO)C(C(=O)N(CC=C)c3c(C)cccc3C)C23CC(Br)[C@@H]1S3)c1ccc(OCC)cc1. The van der Waals surface area contributed by atoms with E-state index in [1.54, 1.807) is 38.6 Å². The number of rotatable bonds is 14. The molecule has 0 saturated carbocycles. The van der Waals surface area contributed by atoms with Gasteiger partial charge < -0.3 is 24.5 Å². The molecule has 0 aromatic heterocycles. The van der Waals surface area contributed by atoms with Gasteiger partial charge in [-0.1, -0.05) is 46.3 Å². The van der Waals surface area contributed by atoms with Crippen LogP contribution < -0.4 is 14.5 Å². The van der Waals surface area contributed by atoms with Gasteiger partial charge in [0, 0.05) is 47.7 Å². The molecule has 10 heteroatoms. The van der Waals surface area contributed by atoms with Crippen molar-refractivity contribution in [1.82, 2.24) is 4.90 Å². The van der Waals surface area contributed by atoms with Gasteiger partial charge in [0.2, 0.25) is 11.8 Å². The number of hydrogen-bond donors (Lipinski definition) is 1. The first-order chi connectivity index (χ1) is 22.1. The zero-order valence-electron chi connectivity index (χ0n) is 26.9. The Morgan fingerprint density at radius 2 is 1.72 bits per heavy atom. The quantitative estimate of drug-likeness (QED) is 0.154. The van der Waals surface area contributed by atoms with Crippen molar-refractivity contribution in [2.75, 3.05) is 42.6 Å². The van der Waals surface area contributed by atoms with Gasteiger partial charge in [-0.2, -0.15) is 0 Å². The number of carbonyl (C=O) groups is 3. The Bertz CT molecular complexity index is 1460. The maximum atomic E-state index is 15.0. The lowest BCUT2D eigenvalue weighted by molar-refractivity contribution is -0.139. The van der Waals surface area contributed by atoms with Gasteiger partial charge in [-0.05, 0) is 75.4 Å². The van der Waals surface area contributed by atoms with E-state index in [2.05, 4.69) is 29.1 Å². The van der Waals surface area contributed by atoms with Crippen molar-refractivity contribution >= 4 is 56.8 Å². The second-order valence-corrected chi connectivity index (χ2v) is 15.0. The molecule has 6 atom stereocenters. The van der Waals surface area contributed by atoms with Crippen LogP contribution in [0.1, 0.15) is 37.3 Å². The first kappa shape index (κ1) is 34.3. The van der Waals surface area contributed by atoms with Crippen LogP contribution in [0.5, 0.6) is 5.75 Å². The van der Waals surface area contributed by atoms with E-state index in [-0.39, 0.29) is 41.0 Å². The number of hydrogen-bond acceptors (Lipinski definition) is 6. The van der Waals surface area contributed by atoms with Gasteiger partial charge in [0.05, 0.1) is 23.2 Å². The molecule has 46 heavy (non-hydrogen) atoms. The number of aliphatic hydroxyl groups is 1. The molecule has 2 bridgehead atoms. The maximum Gasteiger partial charge on any atom is 0.251 e. The molecule has 8 nitrogen and oxygen atoms in total. The highest BCUT2D eigenvalue weighted by atomic mass is 79.9. The summed E-state index contributed by atoms with van der Waals surface area (Å²) in [6, 6.07) is 12.6. The lowest BCUT2D eigenvalue weighted by Gasteiger charge is -2.39. The molecule has 0 radical (unpaired) electrons. The van der Waals surface area contributed by atoms with Gasteiger partial charge in [-0.25, -0.2) is 0 Å². The lowest BCUT2D eigenvalue weighted by Crippen LogP contribution is -2.56. The zero-order chi connectivity index (χ0) is 33.2. The van der Waals surface area contributed by atoms with Crippen molar-refractivity contribution in [2.45, 2.75) is 60.9 Å². The number of nitrogens with zero attached hydrogens (tertiary/aromatic N) is 3. The molecule has 3 unspecified atom stereocenters. The normalized spacial score (nSPS) is 26.2. The second kappa shape index (κ2) is 14.4. The van der Waals surface area contributed by atoms with E-state index in [0.29, 0.717) is 50.4 Å². The fourth-order valence-corrected chi connectivity index (χ4v) is 11.2. The molecule has 3 fully saturated rings. The lowest BCUT2D eigenvalue weighted by atomic mass is 9.70. The van der Waals surface area contributed by atoms with Crippen LogP contribution in [-0.2, 0) is 14.4 Å². The molecule has 3 saturated heterocycles. The van der Waals surface area contributed by atoms with Crippen LogP contribution in [0.15, 0.2) is 67.8 Å². The van der Waals surface area contributed by atoms with Gasteiger partial charge in [0.1, 0.15) is 11.8 Å². The summed E-state index contributed by atoms with van der Waals surface area (Å²) in [4.78, 5) is 49.4. The maximum absolute atomic E-state index is 15.0. The van der Waals surface area contributed by atoms with E-state index in [1.165, 1.54) is 0 Å². The number of alkyl halides is 1. The fourth-order valence-electron chi connectivity index (χ4n) is 7.65. The number of fused-ring (bicyclic) bond motifs is 1. The van der Waals surface area contributed by atoms with Crippen molar-refractivity contribution in [3.05, 3.63) is 78.9 Å². The van der Waals surface area contributed by atoms with E-state index < -0.39 is 22.6 Å². The van der Waals surface area contributed by atoms with Crippen molar-refractivity contribution in [1.29, 1.82) is 0 Å². The minimum absolute atomic E-state index is 0.000215. The van der Waals surface area contributed by atoms with Crippen LogP contribution in [0.3, 0.4) is 0 Å². The van der Waals surface area contributed by atoms with Gasteiger partial charge in [0.25, 0.3) is 5.91 Å². The first-order valence-electron chi connectivity index (χ1n) is 16.0. The molecule has 5 rings (SSSR count). The number of halogens is 1. The summed E-state index contributed by atoms with van der Waals surface area (Å²) in [6.45, 7) is 15.2. The molecule has 3 aliphatic rings. The minimum Gasteiger partial charge on any atom is -0.494 e. The molecule has 2 aromatic carbocycles. The average molecular weight is 711 g/mol. The Labute approximate surface area is 285 Å². The number of unbranched alkanes of at least 4 members (excludes halogenated alkanes) is 1. The number of carbonyl (C=O) groups excluding carboxylic acids is 3. The highest BCUT2D eigenvalue weighted by Gasteiger charge is 2.76. The number of benzene rings is 2. The largest absolute Gasteiger partial charge is 0.494 e. The third-order valence-corrected chi connectivity index (χ3v) is 12.7. The molecule has 1 N–H and O–H groups in total. The predicted molar refractivity (Wildman–Crippen MR) is 189 cm³/mol. The molecular formula is C36H44BrN3O5S. The average Bonchev–Trinajstić information content (AvgIpc) is 3.62. The van der Waals surface area contributed by atoms with Crippen molar-refractivity contribution in [2.24, 2.45) is 11.8 Å². The summed E-state index contributed by atoms with van der Waals surface area (Å²) in [5, 5.41) is 9.38. The summed E-state index contributed by atoms with van der Waals surface area (Å²) in [6.07, 6.45) is 5.07. The summed E-state index contributed by atoms with van der Waals surface area (Å²) in [5.41, 5.74) is 3.45. The van der Waals surface area contributed by atoms with E-state index in [1.807, 2.05) is 63.2 Å². The van der Waals surface area contributed by atoms with Crippen molar-refractivity contribution in [3.63, 3.8) is 0 Å². The summed E-state index contributed by atoms with van der Waals surface area (Å²) < 4.78 is 4.82. The third kappa shape index (κ3) is 5.92. The highest BCUT2D eigenvalue weighted by molar-refractivity contribution is 9.09. The number of aryl methyl sites for hydroxylation is 2. The fraction of sp³-hybridized carbons (Fsp3) is 0.472. The monoisotopic (exact) mass is 709 g/mol. The van der Waals surface area contributed by atoms with E-state index in [9.17, 15) is 19.5 Å². The number of amides is 3. The number of ether oxygens (including phenoxy) is 1. The van der Waals surface area contributed by atoms with Gasteiger partial charge in [-0.15, -0.1) is 24.9 Å². The highest BCUT2D eigenvalue weighted by Crippen LogP contribution is 2.68. The van der Waals surface area contributed by atoms with Crippen LogP contribution >= 0.6 is 27.7 Å². The van der Waals surface area contributed by atoms with E-state index in [0.717, 1.165) is 16.8 Å². The first-order valence-corrected chi connectivity index (χ1v) is 17.8. The third-order valence-electron chi connectivity index (χ3n) is 9.44. The topological polar surface area (TPSA) is 90.4 Å². The molecular weight excluding hydrogens is 666 g/mol. The number of anilines is 2. The molecule has 3 amide bonds. The van der Waals surface area contributed by atoms with Crippen molar-refractivity contribution in [3.8, 4) is 5.75 Å². The standard InChI is InChI=1S/C36H44BrN3O5S/c1-6-18-38(25-14-16-26(17-15-25)45-8-3)33(42)28-29-34(43)40(20-9-10-21-41)32(36(29)22-27(37)31(28)46-36)35(44)39(19-7-2)30-23(4)12-11-13-24(30)5/h6-7,11-17,27-29,31-32,41H,1-2,8-10,18-22H2,3-5H3/t27?,28-,29-,31-,32?,36?/m0/s1. The van der Waals surface area contributed by atoms with Crippen LogP contribution in [0.2, 0.25) is 0 Å². The van der Waals surface area contributed by atoms with Crippen LogP contribution in [0.25, 0.3) is 0 Å². The zero-order valence-corrected chi connectivity index (χ0v) is 29.3. The molecule has 1 spiro atoms. The Hall–Kier alpha value is -3.08. The molecule has 246 valence electrons. The molecule has 3 aliphatic heterocycles. The molecule has 0 aliphatic carbocycles. The summed E-state index contributed by atoms with van der Waals surface area (Å²) >= 11 is 5.52. The second-order valence-electron chi connectivity index (χ2n) is 12.3. The predicted octanol–water partition coefficient (Wildman–Crippen LogP) is 5.68. The number of likely N-dealkylation sites (tertiary alicyclic amines) is 1. The van der Waals surface area contributed by atoms with E-state index in [4.69, 9.17) is 4.74 Å². The van der Waals surface area contributed by atoms with Crippen LogP contribution in [-0.4, -0.2) is 81.4 Å². The Morgan fingerprint density at radius 1 is 1.07 bits per heavy atom. The molecule has 2 aromatic rings. The molecule has 3 heterocycles. The van der Waals surface area contributed by atoms with Crippen molar-refractivity contribution < 1.29 is 24.2 Å². The number of thioether (sulfide) groups is 1. The van der Waals surface area contributed by atoms with Gasteiger partial charge >= 0.3 is 0 Å². The summed E-state index contributed by atoms with van der Waals surface area (Å²) in [7, 11) is 0. The van der Waals surface area contributed by atoms with Crippen LogP contribution in [0.4, 0.5) is 11.4 Å². The number of para-hydroxylation sites is 1. The van der Waals surface area contributed by atoms with Crippen LogP contribution in [0, 0.1) is 25.7 Å². The van der Waals surface area contributed by atoms with Gasteiger partial charge in [0.15, 0.2) is 0 Å². The Morgan fingerprint density at radius 3 is 2.33 bits per heavy atom. The Kier molecular flexibility index (Phi) is 10.7. The number of aliphatic hydroxyl groups excluding tert-OH is 1. The minimum atomic E-state index is -0.790. The smallest absolute Gasteiger partial charge is 0.251 e.